The molecule has 1 rings (SSSR count). The molecule has 80 valence electrons. The summed E-state index contributed by atoms with van der Waals surface area (Å²) < 4.78 is 5.95. The third kappa shape index (κ3) is 2.36. The number of carbonyl (C=O) groups is 1. The van der Waals surface area contributed by atoms with Gasteiger partial charge >= 0.3 is 5.97 Å². The van der Waals surface area contributed by atoms with Gasteiger partial charge in [-0.2, -0.15) is 5.26 Å². The Bertz CT molecular complexity index is 401. The summed E-state index contributed by atoms with van der Waals surface area (Å²) in [5, 5.41) is 18.5. The van der Waals surface area contributed by atoms with Crippen LogP contribution >= 0.6 is 0 Å². The maximum Gasteiger partial charge on any atom is 0.339 e. The molecule has 0 aliphatic rings. The van der Waals surface area contributed by atoms with E-state index in [4.69, 9.17) is 5.26 Å². The first-order valence-electron chi connectivity index (χ1n) is 4.37. The summed E-state index contributed by atoms with van der Waals surface area (Å²) >= 11 is 0. The highest BCUT2D eigenvalue weighted by Crippen LogP contribution is 2.12. The highest BCUT2D eigenvalue weighted by atomic mass is 16.5. The van der Waals surface area contributed by atoms with Gasteiger partial charge < -0.3 is 14.4 Å². The molecule has 1 aromatic rings. The maximum atomic E-state index is 11.2. The van der Waals surface area contributed by atoms with Crippen molar-refractivity contribution in [1.82, 2.24) is 4.57 Å². The second kappa shape index (κ2) is 4.15. The number of nitriles is 1. The molecule has 5 nitrogen and oxygen atoms in total. The van der Waals surface area contributed by atoms with Crippen LogP contribution < -0.4 is 0 Å². The Morgan fingerprint density at radius 1 is 1.80 bits per heavy atom. The van der Waals surface area contributed by atoms with E-state index in [0.717, 1.165) is 0 Å². The zero-order chi connectivity index (χ0) is 11.5. The molecule has 0 spiro atoms. The number of carbonyl (C=O) groups excluding carboxylic acids is 1. The van der Waals surface area contributed by atoms with Crippen molar-refractivity contribution in [2.45, 2.75) is 19.1 Å². The SMILES string of the molecule is COC(=O)C(C)(O)Cn1cccc1C#N. The molecule has 0 aliphatic heterocycles. The molecule has 1 heterocycles. The standard InChI is InChI=1S/C10H12N2O3/c1-10(14,9(13)15-2)7-12-5-3-4-8(12)6-11/h3-5,14H,7H2,1-2H3. The van der Waals surface area contributed by atoms with Crippen LogP contribution in [-0.4, -0.2) is 28.4 Å². The fraction of sp³-hybridized carbons (Fsp3) is 0.400. The minimum atomic E-state index is -1.63. The zero-order valence-electron chi connectivity index (χ0n) is 8.60. The molecule has 0 saturated heterocycles. The summed E-state index contributed by atoms with van der Waals surface area (Å²) in [7, 11) is 1.21. The van der Waals surface area contributed by atoms with Gasteiger partial charge in [0.1, 0.15) is 11.8 Å². The van der Waals surface area contributed by atoms with Crippen molar-refractivity contribution in [1.29, 1.82) is 5.26 Å². The molecule has 0 amide bonds. The normalized spacial score (nSPS) is 14.0. The van der Waals surface area contributed by atoms with Crippen LogP contribution in [0.3, 0.4) is 0 Å². The van der Waals surface area contributed by atoms with E-state index in [2.05, 4.69) is 4.74 Å². The lowest BCUT2D eigenvalue weighted by Gasteiger charge is -2.21. The molecule has 1 unspecified atom stereocenters. The second-order valence-electron chi connectivity index (χ2n) is 3.40. The van der Waals surface area contributed by atoms with Crippen LogP contribution in [0.4, 0.5) is 0 Å². The quantitative estimate of drug-likeness (QED) is 0.724. The third-order valence-corrected chi connectivity index (χ3v) is 2.05. The van der Waals surface area contributed by atoms with Gasteiger partial charge in [0, 0.05) is 6.20 Å². The van der Waals surface area contributed by atoms with Crippen LogP contribution in [0.15, 0.2) is 18.3 Å². The monoisotopic (exact) mass is 208 g/mol. The summed E-state index contributed by atoms with van der Waals surface area (Å²) in [6, 6.07) is 5.23. The molecule has 5 heteroatoms. The van der Waals surface area contributed by atoms with Gasteiger partial charge in [0.25, 0.3) is 0 Å². The molecule has 0 aliphatic carbocycles. The van der Waals surface area contributed by atoms with Crippen LogP contribution in [-0.2, 0) is 16.1 Å². The Morgan fingerprint density at radius 2 is 2.47 bits per heavy atom. The number of hydrogen-bond donors (Lipinski definition) is 1. The van der Waals surface area contributed by atoms with Gasteiger partial charge in [0.05, 0.1) is 13.7 Å². The van der Waals surface area contributed by atoms with E-state index >= 15 is 0 Å². The molecule has 0 saturated carbocycles. The van der Waals surface area contributed by atoms with Crippen molar-refractivity contribution < 1.29 is 14.6 Å². The lowest BCUT2D eigenvalue weighted by Crippen LogP contribution is -2.40. The fourth-order valence-electron chi connectivity index (χ4n) is 1.27. The van der Waals surface area contributed by atoms with Crippen molar-refractivity contribution in [2.75, 3.05) is 7.11 Å². The van der Waals surface area contributed by atoms with Crippen molar-refractivity contribution in [3.05, 3.63) is 24.0 Å². The highest BCUT2D eigenvalue weighted by Gasteiger charge is 2.32. The van der Waals surface area contributed by atoms with Crippen molar-refractivity contribution >= 4 is 5.97 Å². The fourth-order valence-corrected chi connectivity index (χ4v) is 1.27. The summed E-state index contributed by atoms with van der Waals surface area (Å²) in [5.41, 5.74) is -1.24. The van der Waals surface area contributed by atoms with E-state index in [1.165, 1.54) is 18.6 Å². The number of aromatic nitrogens is 1. The molecule has 1 aromatic heterocycles. The Balaban J connectivity index is 2.87. The summed E-state index contributed by atoms with van der Waals surface area (Å²) in [5.74, 6) is -0.722. The number of nitrogens with zero attached hydrogens (tertiary/aromatic N) is 2. The Morgan fingerprint density at radius 3 is 3.00 bits per heavy atom. The van der Waals surface area contributed by atoms with E-state index in [1.807, 2.05) is 6.07 Å². The van der Waals surface area contributed by atoms with Crippen LogP contribution in [0.25, 0.3) is 0 Å². The predicted molar refractivity (Wildman–Crippen MR) is 51.8 cm³/mol. The van der Waals surface area contributed by atoms with Crippen LogP contribution in [0.5, 0.6) is 0 Å². The van der Waals surface area contributed by atoms with Gasteiger partial charge in [-0.3, -0.25) is 0 Å². The van der Waals surface area contributed by atoms with Crippen LogP contribution in [0.1, 0.15) is 12.6 Å². The molecule has 0 aromatic carbocycles. The molecule has 0 bridgehead atoms. The van der Waals surface area contributed by atoms with E-state index in [-0.39, 0.29) is 6.54 Å². The van der Waals surface area contributed by atoms with Crippen molar-refractivity contribution in [3.8, 4) is 6.07 Å². The van der Waals surface area contributed by atoms with Crippen molar-refractivity contribution in [2.24, 2.45) is 0 Å². The molecular weight excluding hydrogens is 196 g/mol. The largest absolute Gasteiger partial charge is 0.467 e. The van der Waals surface area contributed by atoms with E-state index in [0.29, 0.717) is 5.69 Å². The number of esters is 1. The molecule has 1 atom stereocenters. The Hall–Kier alpha value is -1.80. The van der Waals surface area contributed by atoms with Gasteiger partial charge in [-0.1, -0.05) is 0 Å². The minimum absolute atomic E-state index is 0.00440. The van der Waals surface area contributed by atoms with Crippen LogP contribution in [0, 0.1) is 11.3 Å². The highest BCUT2D eigenvalue weighted by molar-refractivity contribution is 5.78. The minimum Gasteiger partial charge on any atom is -0.467 e. The van der Waals surface area contributed by atoms with Crippen molar-refractivity contribution in [3.63, 3.8) is 0 Å². The number of hydrogen-bond acceptors (Lipinski definition) is 4. The first kappa shape index (κ1) is 11.3. The Labute approximate surface area is 87.5 Å². The number of rotatable bonds is 3. The topological polar surface area (TPSA) is 75.2 Å². The van der Waals surface area contributed by atoms with Crippen LogP contribution in [0.2, 0.25) is 0 Å². The van der Waals surface area contributed by atoms with Gasteiger partial charge in [-0.25, -0.2) is 4.79 Å². The first-order chi connectivity index (χ1) is 7.01. The molecular formula is C10H12N2O3. The number of ether oxygens (including phenoxy) is 1. The van der Waals surface area contributed by atoms with E-state index in [9.17, 15) is 9.90 Å². The van der Waals surface area contributed by atoms with Gasteiger partial charge in [0.15, 0.2) is 5.60 Å². The first-order valence-corrected chi connectivity index (χ1v) is 4.37. The smallest absolute Gasteiger partial charge is 0.339 e. The lowest BCUT2D eigenvalue weighted by atomic mass is 10.1. The van der Waals surface area contributed by atoms with Gasteiger partial charge in [-0.05, 0) is 19.1 Å². The molecule has 15 heavy (non-hydrogen) atoms. The molecule has 0 fully saturated rings. The van der Waals surface area contributed by atoms with E-state index in [1.54, 1.807) is 18.3 Å². The second-order valence-corrected chi connectivity index (χ2v) is 3.40. The van der Waals surface area contributed by atoms with Gasteiger partial charge in [0.2, 0.25) is 0 Å². The zero-order valence-corrected chi connectivity index (χ0v) is 8.60. The average Bonchev–Trinajstić information content (AvgIpc) is 2.63. The molecule has 0 radical (unpaired) electrons. The Kier molecular flexibility index (Phi) is 3.12. The maximum absolute atomic E-state index is 11.2. The average molecular weight is 208 g/mol. The molecule has 1 N–H and O–H groups in total. The number of methoxy groups -OCH3 is 1. The summed E-state index contributed by atoms with van der Waals surface area (Å²) in [6.45, 7) is 1.34. The third-order valence-electron chi connectivity index (χ3n) is 2.05. The number of aliphatic hydroxyl groups is 1. The van der Waals surface area contributed by atoms with E-state index < -0.39 is 11.6 Å². The lowest BCUT2D eigenvalue weighted by molar-refractivity contribution is -0.161. The summed E-state index contributed by atoms with van der Waals surface area (Å²) in [6.07, 6.45) is 1.62. The summed E-state index contributed by atoms with van der Waals surface area (Å²) in [4.78, 5) is 11.2. The van der Waals surface area contributed by atoms with Gasteiger partial charge in [-0.15, -0.1) is 0 Å². The predicted octanol–water partition coefficient (Wildman–Crippen LogP) is 0.284.